The fourth-order valence-corrected chi connectivity index (χ4v) is 5.00. The molecule has 3 rings (SSSR count). The number of nitrogens with zero attached hydrogens (tertiary/aromatic N) is 1. The molecule has 0 atom stereocenters. The quantitative estimate of drug-likeness (QED) is 0.502. The van der Waals surface area contributed by atoms with Crippen LogP contribution >= 0.6 is 15.9 Å². The Morgan fingerprint density at radius 3 is 2.42 bits per heavy atom. The molecule has 0 heterocycles. The Kier molecular flexibility index (Phi) is 6.97. The number of methoxy groups -OCH3 is 1. The molecule has 1 N–H and O–H groups in total. The lowest BCUT2D eigenvalue weighted by Gasteiger charge is -2.24. The summed E-state index contributed by atoms with van der Waals surface area (Å²) in [5.41, 5.74) is 1.50. The third-order valence-corrected chi connectivity index (χ3v) is 6.82. The Balaban J connectivity index is 1.97. The van der Waals surface area contributed by atoms with Crippen LogP contribution in [0.3, 0.4) is 0 Å². The molecule has 9 heteroatoms. The van der Waals surface area contributed by atoms with E-state index in [0.717, 1.165) is 15.9 Å². The van der Waals surface area contributed by atoms with Crippen LogP contribution in [-0.4, -0.2) is 28.0 Å². The SMILES string of the molecule is COc1ccc(S(=O)(=O)N(CC(=O)Nc2cccc(F)c2)c2ccc(C)cc2)cc1Br. The summed E-state index contributed by atoms with van der Waals surface area (Å²) in [6.45, 7) is 1.38. The molecule has 0 unspecified atom stereocenters. The lowest BCUT2D eigenvalue weighted by molar-refractivity contribution is -0.114. The van der Waals surface area contributed by atoms with Gasteiger partial charge in [-0.3, -0.25) is 9.10 Å². The maximum Gasteiger partial charge on any atom is 0.264 e. The zero-order valence-electron chi connectivity index (χ0n) is 16.8. The van der Waals surface area contributed by atoms with Crippen LogP contribution in [0, 0.1) is 12.7 Å². The van der Waals surface area contributed by atoms with E-state index in [1.165, 1.54) is 43.5 Å². The van der Waals surface area contributed by atoms with Crippen molar-refractivity contribution in [2.45, 2.75) is 11.8 Å². The van der Waals surface area contributed by atoms with Gasteiger partial charge in [-0.05, 0) is 71.4 Å². The van der Waals surface area contributed by atoms with E-state index in [-0.39, 0.29) is 10.6 Å². The van der Waals surface area contributed by atoms with E-state index in [1.54, 1.807) is 24.3 Å². The highest BCUT2D eigenvalue weighted by molar-refractivity contribution is 9.10. The largest absolute Gasteiger partial charge is 0.496 e. The fourth-order valence-electron chi connectivity index (χ4n) is 2.86. The Hall–Kier alpha value is -2.91. The van der Waals surface area contributed by atoms with Crippen molar-refractivity contribution in [2.24, 2.45) is 0 Å². The Morgan fingerprint density at radius 1 is 1.10 bits per heavy atom. The third-order valence-electron chi connectivity index (χ3n) is 4.43. The molecule has 162 valence electrons. The van der Waals surface area contributed by atoms with Crippen molar-refractivity contribution in [3.8, 4) is 5.75 Å². The molecule has 0 radical (unpaired) electrons. The average molecular weight is 507 g/mol. The lowest BCUT2D eigenvalue weighted by Crippen LogP contribution is -2.38. The summed E-state index contributed by atoms with van der Waals surface area (Å²) in [6.07, 6.45) is 0. The van der Waals surface area contributed by atoms with Gasteiger partial charge in [0.2, 0.25) is 5.91 Å². The second-order valence-electron chi connectivity index (χ2n) is 6.70. The molecule has 6 nitrogen and oxygen atoms in total. The summed E-state index contributed by atoms with van der Waals surface area (Å²) < 4.78 is 46.9. The maximum absolute atomic E-state index is 13.4. The first-order valence-electron chi connectivity index (χ1n) is 9.19. The predicted octanol–water partition coefficient (Wildman–Crippen LogP) is 4.74. The maximum atomic E-state index is 13.4. The van der Waals surface area contributed by atoms with E-state index in [2.05, 4.69) is 21.2 Å². The smallest absolute Gasteiger partial charge is 0.264 e. The average Bonchev–Trinajstić information content (AvgIpc) is 2.72. The number of aryl methyl sites for hydroxylation is 1. The molecule has 3 aromatic rings. The molecule has 0 saturated heterocycles. The van der Waals surface area contributed by atoms with E-state index < -0.39 is 28.3 Å². The zero-order valence-corrected chi connectivity index (χ0v) is 19.2. The second kappa shape index (κ2) is 9.49. The van der Waals surface area contributed by atoms with Crippen LogP contribution < -0.4 is 14.4 Å². The van der Waals surface area contributed by atoms with Crippen LogP contribution in [0.2, 0.25) is 0 Å². The number of sulfonamides is 1. The first-order chi connectivity index (χ1) is 14.7. The van der Waals surface area contributed by atoms with Crippen molar-refractivity contribution in [2.75, 3.05) is 23.3 Å². The molecule has 0 fully saturated rings. The molecule has 0 spiro atoms. The lowest BCUT2D eigenvalue weighted by atomic mass is 10.2. The van der Waals surface area contributed by atoms with Crippen molar-refractivity contribution in [3.05, 3.63) is 82.6 Å². The summed E-state index contributed by atoms with van der Waals surface area (Å²) in [7, 11) is -2.62. The second-order valence-corrected chi connectivity index (χ2v) is 9.42. The van der Waals surface area contributed by atoms with Crippen molar-refractivity contribution >= 4 is 43.2 Å². The molecular formula is C22H20BrFN2O4S. The van der Waals surface area contributed by atoms with Crippen LogP contribution in [0.25, 0.3) is 0 Å². The van der Waals surface area contributed by atoms with Crippen LogP contribution in [0.5, 0.6) is 5.75 Å². The first kappa shape index (κ1) is 22.8. The van der Waals surface area contributed by atoms with E-state index in [4.69, 9.17) is 4.74 Å². The van der Waals surface area contributed by atoms with Gasteiger partial charge in [-0.25, -0.2) is 12.8 Å². The van der Waals surface area contributed by atoms with Gasteiger partial charge in [-0.2, -0.15) is 0 Å². The van der Waals surface area contributed by atoms with Gasteiger partial charge in [0.05, 0.1) is 22.2 Å². The van der Waals surface area contributed by atoms with Crippen molar-refractivity contribution in [3.63, 3.8) is 0 Å². The molecule has 0 aliphatic carbocycles. The molecule has 31 heavy (non-hydrogen) atoms. The molecule has 0 aliphatic rings. The van der Waals surface area contributed by atoms with E-state index in [1.807, 2.05) is 6.92 Å². The zero-order chi connectivity index (χ0) is 22.6. The van der Waals surface area contributed by atoms with Gasteiger partial charge in [-0.1, -0.05) is 23.8 Å². The number of halogens is 2. The molecule has 3 aromatic carbocycles. The summed E-state index contributed by atoms with van der Waals surface area (Å²) in [5.74, 6) is -0.643. The van der Waals surface area contributed by atoms with E-state index in [9.17, 15) is 17.6 Å². The number of carbonyl (C=O) groups is 1. The number of hydrogen-bond acceptors (Lipinski definition) is 4. The number of anilines is 2. The summed E-state index contributed by atoms with van der Waals surface area (Å²) >= 11 is 3.29. The van der Waals surface area contributed by atoms with Gasteiger partial charge in [0, 0.05) is 5.69 Å². The van der Waals surface area contributed by atoms with Gasteiger partial charge in [0.1, 0.15) is 18.1 Å². The predicted molar refractivity (Wildman–Crippen MR) is 121 cm³/mol. The van der Waals surface area contributed by atoms with Crippen molar-refractivity contribution in [1.82, 2.24) is 0 Å². The Morgan fingerprint density at radius 2 is 1.81 bits per heavy atom. The number of nitrogens with one attached hydrogen (secondary N) is 1. The minimum absolute atomic E-state index is 0.0145. The molecule has 0 aliphatic heterocycles. The highest BCUT2D eigenvalue weighted by Crippen LogP contribution is 2.30. The highest BCUT2D eigenvalue weighted by atomic mass is 79.9. The fraction of sp³-hybridized carbons (Fsp3) is 0.136. The molecule has 0 saturated carbocycles. The van der Waals surface area contributed by atoms with Gasteiger partial charge < -0.3 is 10.1 Å². The van der Waals surface area contributed by atoms with Crippen LogP contribution in [0.4, 0.5) is 15.8 Å². The number of benzene rings is 3. The standard InChI is InChI=1S/C22H20BrFN2O4S/c1-15-6-8-18(9-7-15)26(14-22(27)25-17-5-3-4-16(24)12-17)31(28,29)19-10-11-21(30-2)20(23)13-19/h3-13H,14H2,1-2H3,(H,25,27). The molecule has 0 aromatic heterocycles. The highest BCUT2D eigenvalue weighted by Gasteiger charge is 2.28. The van der Waals surface area contributed by atoms with E-state index >= 15 is 0 Å². The van der Waals surface area contributed by atoms with Crippen molar-refractivity contribution < 1.29 is 22.3 Å². The van der Waals surface area contributed by atoms with Crippen LogP contribution in [0.1, 0.15) is 5.56 Å². The normalized spacial score (nSPS) is 11.1. The molecule has 1 amide bonds. The number of amides is 1. The number of hydrogen-bond donors (Lipinski definition) is 1. The van der Waals surface area contributed by atoms with Crippen molar-refractivity contribution in [1.29, 1.82) is 0 Å². The number of ether oxygens (including phenoxy) is 1. The van der Waals surface area contributed by atoms with Crippen LogP contribution in [-0.2, 0) is 14.8 Å². The summed E-state index contributed by atoms with van der Waals surface area (Å²) in [4.78, 5) is 12.6. The number of carbonyl (C=O) groups excluding carboxylic acids is 1. The minimum atomic E-state index is -4.10. The Bertz CT molecular complexity index is 1200. The van der Waals surface area contributed by atoms with Gasteiger partial charge in [-0.15, -0.1) is 0 Å². The van der Waals surface area contributed by atoms with Crippen LogP contribution in [0.15, 0.2) is 76.1 Å². The van der Waals surface area contributed by atoms with Gasteiger partial charge in [0.25, 0.3) is 10.0 Å². The monoisotopic (exact) mass is 506 g/mol. The molecule has 0 bridgehead atoms. The summed E-state index contributed by atoms with van der Waals surface area (Å²) in [6, 6.07) is 16.5. The number of rotatable bonds is 7. The first-order valence-corrected chi connectivity index (χ1v) is 11.4. The van der Waals surface area contributed by atoms with E-state index in [0.29, 0.717) is 15.9 Å². The third kappa shape index (κ3) is 5.42. The minimum Gasteiger partial charge on any atom is -0.496 e. The van der Waals surface area contributed by atoms with Gasteiger partial charge in [0.15, 0.2) is 0 Å². The van der Waals surface area contributed by atoms with Gasteiger partial charge >= 0.3 is 0 Å². The Labute approximate surface area is 188 Å². The molecular weight excluding hydrogens is 487 g/mol. The topological polar surface area (TPSA) is 75.7 Å². The summed E-state index contributed by atoms with van der Waals surface area (Å²) in [5, 5.41) is 2.53.